The number of para-hydroxylation sites is 1. The molecular weight excluding hydrogens is 400 g/mol. The summed E-state index contributed by atoms with van der Waals surface area (Å²) in [5.74, 6) is 0.721. The third-order valence-corrected chi connectivity index (χ3v) is 4.97. The first-order valence-electron chi connectivity index (χ1n) is 8.98. The van der Waals surface area contributed by atoms with Crippen LogP contribution in [0.2, 0.25) is 0 Å². The molecule has 1 aliphatic rings. The van der Waals surface area contributed by atoms with Crippen LogP contribution in [0.25, 0.3) is 22.0 Å². The zero-order valence-electron chi connectivity index (χ0n) is 15.4. The van der Waals surface area contributed by atoms with Crippen molar-refractivity contribution in [3.05, 3.63) is 60.4 Å². The van der Waals surface area contributed by atoms with Crippen molar-refractivity contribution in [1.82, 2.24) is 9.88 Å². The zero-order valence-corrected chi connectivity index (χ0v) is 17.1. The maximum atomic E-state index is 13.3. The maximum absolute atomic E-state index is 13.3. The van der Waals surface area contributed by atoms with Gasteiger partial charge in [0.15, 0.2) is 0 Å². The molecule has 0 spiro atoms. The number of pyridine rings is 1. The van der Waals surface area contributed by atoms with Gasteiger partial charge in [-0.2, -0.15) is 0 Å². The van der Waals surface area contributed by atoms with E-state index >= 15 is 0 Å². The van der Waals surface area contributed by atoms with Gasteiger partial charge in [0.2, 0.25) is 0 Å². The lowest BCUT2D eigenvalue weighted by Crippen LogP contribution is -2.47. The predicted molar refractivity (Wildman–Crippen MR) is 117 cm³/mol. The average Bonchev–Trinajstić information content (AvgIpc) is 2.69. The van der Waals surface area contributed by atoms with Gasteiger partial charge in [0, 0.05) is 38.1 Å². The van der Waals surface area contributed by atoms with Gasteiger partial charge in [0.05, 0.1) is 12.1 Å². The van der Waals surface area contributed by atoms with Crippen LogP contribution in [0.5, 0.6) is 0 Å². The number of anilines is 1. The van der Waals surface area contributed by atoms with E-state index < -0.39 is 0 Å². The Morgan fingerprint density at radius 1 is 0.929 bits per heavy atom. The molecular formula is C21H24Cl2FN3O. The van der Waals surface area contributed by atoms with E-state index in [9.17, 15) is 4.39 Å². The molecule has 1 aliphatic heterocycles. The number of aromatic nitrogens is 1. The van der Waals surface area contributed by atoms with Crippen LogP contribution in [-0.4, -0.2) is 54.3 Å². The quantitative estimate of drug-likeness (QED) is 0.688. The third kappa shape index (κ3) is 4.73. The number of rotatable bonds is 4. The summed E-state index contributed by atoms with van der Waals surface area (Å²) in [6, 6.07) is 16.8. The lowest BCUT2D eigenvalue weighted by molar-refractivity contribution is 0.188. The standard InChI is InChI=1S/C21H22FN3O.2ClH/c22-17-7-5-16(6-8-17)19-15-21(23-20-4-2-1-3-18(19)20)25-11-9-24(10-12-25)13-14-26;;/h1-8,15,26H,9-14H2;2*1H. The molecule has 1 aromatic heterocycles. The Morgan fingerprint density at radius 3 is 2.29 bits per heavy atom. The van der Waals surface area contributed by atoms with Crippen molar-refractivity contribution in [1.29, 1.82) is 0 Å². The number of aliphatic hydroxyl groups excluding tert-OH is 1. The van der Waals surface area contributed by atoms with E-state index in [0.29, 0.717) is 0 Å². The van der Waals surface area contributed by atoms with Gasteiger partial charge in [0.1, 0.15) is 11.6 Å². The minimum Gasteiger partial charge on any atom is -0.395 e. The Morgan fingerprint density at radius 2 is 1.61 bits per heavy atom. The van der Waals surface area contributed by atoms with Gasteiger partial charge in [-0.3, -0.25) is 4.90 Å². The number of nitrogens with zero attached hydrogens (tertiary/aromatic N) is 3. The molecule has 0 amide bonds. The first kappa shape index (κ1) is 22.4. The van der Waals surface area contributed by atoms with Crippen molar-refractivity contribution < 1.29 is 9.50 Å². The summed E-state index contributed by atoms with van der Waals surface area (Å²) in [5.41, 5.74) is 3.01. The van der Waals surface area contributed by atoms with Crippen LogP contribution in [0.15, 0.2) is 54.6 Å². The molecule has 0 unspecified atom stereocenters. The highest BCUT2D eigenvalue weighted by Gasteiger charge is 2.19. The molecule has 1 fully saturated rings. The molecule has 4 nitrogen and oxygen atoms in total. The SMILES string of the molecule is Cl.Cl.OCCN1CCN(c2cc(-c3ccc(F)cc3)c3ccccc3n2)CC1. The van der Waals surface area contributed by atoms with Crippen molar-refractivity contribution in [3.8, 4) is 11.1 Å². The number of piperazine rings is 1. The fourth-order valence-corrected chi connectivity index (χ4v) is 3.53. The summed E-state index contributed by atoms with van der Waals surface area (Å²) < 4.78 is 13.3. The van der Waals surface area contributed by atoms with E-state index in [1.807, 2.05) is 30.3 Å². The van der Waals surface area contributed by atoms with E-state index in [1.54, 1.807) is 0 Å². The normalized spacial score (nSPS) is 14.4. The smallest absolute Gasteiger partial charge is 0.129 e. The molecule has 150 valence electrons. The van der Waals surface area contributed by atoms with Gasteiger partial charge in [-0.1, -0.05) is 30.3 Å². The van der Waals surface area contributed by atoms with Gasteiger partial charge in [-0.15, -0.1) is 24.8 Å². The molecule has 4 rings (SSSR count). The second-order valence-corrected chi connectivity index (χ2v) is 6.60. The van der Waals surface area contributed by atoms with Gasteiger partial charge in [-0.05, 0) is 35.4 Å². The highest BCUT2D eigenvalue weighted by atomic mass is 35.5. The van der Waals surface area contributed by atoms with E-state index in [2.05, 4.69) is 21.9 Å². The van der Waals surface area contributed by atoms with E-state index in [4.69, 9.17) is 10.1 Å². The highest BCUT2D eigenvalue weighted by molar-refractivity contribution is 5.96. The molecule has 1 saturated heterocycles. The van der Waals surface area contributed by atoms with E-state index in [0.717, 1.165) is 60.6 Å². The number of hydrogen-bond donors (Lipinski definition) is 1. The highest BCUT2D eigenvalue weighted by Crippen LogP contribution is 2.31. The van der Waals surface area contributed by atoms with Crippen LogP contribution in [0.1, 0.15) is 0 Å². The van der Waals surface area contributed by atoms with Crippen LogP contribution in [0.3, 0.4) is 0 Å². The minimum absolute atomic E-state index is 0. The second-order valence-electron chi connectivity index (χ2n) is 6.60. The largest absolute Gasteiger partial charge is 0.395 e. The first-order valence-corrected chi connectivity index (χ1v) is 8.98. The molecule has 28 heavy (non-hydrogen) atoms. The molecule has 0 atom stereocenters. The van der Waals surface area contributed by atoms with Gasteiger partial charge < -0.3 is 10.0 Å². The molecule has 7 heteroatoms. The summed E-state index contributed by atoms with van der Waals surface area (Å²) in [5, 5.41) is 10.2. The molecule has 0 bridgehead atoms. The topological polar surface area (TPSA) is 39.6 Å². The van der Waals surface area contributed by atoms with Crippen molar-refractivity contribution >= 4 is 41.5 Å². The fraction of sp³-hybridized carbons (Fsp3) is 0.286. The molecule has 0 saturated carbocycles. The van der Waals surface area contributed by atoms with Crippen molar-refractivity contribution in [3.63, 3.8) is 0 Å². The molecule has 2 heterocycles. The summed E-state index contributed by atoms with van der Waals surface area (Å²) >= 11 is 0. The van der Waals surface area contributed by atoms with Crippen molar-refractivity contribution in [2.24, 2.45) is 0 Å². The number of halogens is 3. The number of β-amino-alcohol motifs (C(OH)–C–C–N with tert-alkyl or cyclic N) is 1. The fourth-order valence-electron chi connectivity index (χ4n) is 3.53. The van der Waals surface area contributed by atoms with E-state index in [-0.39, 0.29) is 37.2 Å². The maximum Gasteiger partial charge on any atom is 0.129 e. The van der Waals surface area contributed by atoms with Crippen LogP contribution in [0.4, 0.5) is 10.2 Å². The summed E-state index contributed by atoms with van der Waals surface area (Å²) in [4.78, 5) is 9.40. The monoisotopic (exact) mass is 423 g/mol. The molecule has 0 radical (unpaired) electrons. The van der Waals surface area contributed by atoms with Crippen LogP contribution in [0, 0.1) is 5.82 Å². The van der Waals surface area contributed by atoms with Crippen LogP contribution < -0.4 is 4.90 Å². The number of hydrogen-bond acceptors (Lipinski definition) is 4. The third-order valence-electron chi connectivity index (χ3n) is 4.97. The molecule has 2 aromatic carbocycles. The Hall–Kier alpha value is -1.92. The van der Waals surface area contributed by atoms with Crippen LogP contribution in [-0.2, 0) is 0 Å². The van der Waals surface area contributed by atoms with Gasteiger partial charge in [-0.25, -0.2) is 9.37 Å². The second kappa shape index (κ2) is 10.0. The zero-order chi connectivity index (χ0) is 17.9. The average molecular weight is 424 g/mol. The van der Waals surface area contributed by atoms with Crippen LogP contribution >= 0.6 is 24.8 Å². The predicted octanol–water partition coefficient (Wildman–Crippen LogP) is 4.00. The lowest BCUT2D eigenvalue weighted by Gasteiger charge is -2.35. The Kier molecular flexibility index (Phi) is 8.01. The van der Waals surface area contributed by atoms with Crippen molar-refractivity contribution in [2.45, 2.75) is 0 Å². The molecule has 1 N–H and O–H groups in total. The summed E-state index contributed by atoms with van der Waals surface area (Å²) in [6.07, 6.45) is 0. The Balaban J connectivity index is 0.00000140. The summed E-state index contributed by atoms with van der Waals surface area (Å²) in [7, 11) is 0. The first-order chi connectivity index (χ1) is 12.7. The lowest BCUT2D eigenvalue weighted by atomic mass is 10.0. The number of fused-ring (bicyclic) bond motifs is 1. The van der Waals surface area contributed by atoms with Gasteiger partial charge in [0.25, 0.3) is 0 Å². The van der Waals surface area contributed by atoms with E-state index in [1.165, 1.54) is 12.1 Å². The number of aliphatic hydroxyl groups is 1. The Labute approximate surface area is 176 Å². The molecule has 3 aromatic rings. The summed E-state index contributed by atoms with van der Waals surface area (Å²) in [6.45, 7) is 4.52. The minimum atomic E-state index is -0.229. The molecule has 0 aliphatic carbocycles. The van der Waals surface area contributed by atoms with Gasteiger partial charge >= 0.3 is 0 Å². The Bertz CT molecular complexity index is 900. The van der Waals surface area contributed by atoms with Crippen molar-refractivity contribution in [2.75, 3.05) is 44.2 Å². The number of benzene rings is 2.